The van der Waals surface area contributed by atoms with E-state index in [1.807, 2.05) is 4.68 Å². The zero-order valence-electron chi connectivity index (χ0n) is 6.99. The van der Waals surface area contributed by atoms with Crippen LogP contribution in [-0.2, 0) is 6.42 Å². The van der Waals surface area contributed by atoms with Crippen molar-refractivity contribution >= 4 is 0 Å². The molecule has 0 aromatic carbocycles. The quantitative estimate of drug-likeness (QED) is 0.684. The van der Waals surface area contributed by atoms with Gasteiger partial charge in [0, 0.05) is 12.5 Å². The van der Waals surface area contributed by atoms with Crippen LogP contribution in [0.4, 0.5) is 0 Å². The number of nitrogens with zero attached hydrogens (tertiary/aromatic N) is 3. The number of rotatable bonds is 3. The zero-order chi connectivity index (χ0) is 8.27. The van der Waals surface area contributed by atoms with Crippen LogP contribution < -0.4 is 5.73 Å². The fourth-order valence-corrected chi connectivity index (χ4v) is 0.803. The summed E-state index contributed by atoms with van der Waals surface area (Å²) in [7, 11) is 0. The molecule has 0 aliphatic carbocycles. The van der Waals surface area contributed by atoms with E-state index in [4.69, 9.17) is 5.73 Å². The molecule has 0 atom stereocenters. The summed E-state index contributed by atoms with van der Waals surface area (Å²) < 4.78 is 1.84. The molecule has 0 fully saturated rings. The Morgan fingerprint density at radius 2 is 2.36 bits per heavy atom. The van der Waals surface area contributed by atoms with Crippen molar-refractivity contribution in [2.75, 3.05) is 6.54 Å². The maximum absolute atomic E-state index is 5.36. The van der Waals surface area contributed by atoms with E-state index in [-0.39, 0.29) is 0 Å². The Kier molecular flexibility index (Phi) is 2.59. The van der Waals surface area contributed by atoms with Crippen LogP contribution in [0.25, 0.3) is 0 Å². The molecule has 0 radical (unpaired) electrons. The first-order chi connectivity index (χ1) is 5.24. The van der Waals surface area contributed by atoms with Crippen molar-refractivity contribution in [2.45, 2.75) is 26.3 Å². The fraction of sp³-hybridized carbons (Fsp3) is 0.714. The fourth-order valence-electron chi connectivity index (χ4n) is 0.803. The monoisotopic (exact) mass is 154 g/mol. The Labute approximate surface area is 66.4 Å². The largest absolute Gasteiger partial charge is 0.330 e. The zero-order valence-corrected chi connectivity index (χ0v) is 6.99. The van der Waals surface area contributed by atoms with E-state index in [1.54, 1.807) is 6.33 Å². The Balaban J connectivity index is 2.66. The molecule has 0 saturated heterocycles. The van der Waals surface area contributed by atoms with Gasteiger partial charge < -0.3 is 5.73 Å². The minimum Gasteiger partial charge on any atom is -0.330 e. The van der Waals surface area contributed by atoms with E-state index in [0.29, 0.717) is 12.6 Å². The third-order valence-electron chi connectivity index (χ3n) is 1.45. The van der Waals surface area contributed by atoms with E-state index < -0.39 is 0 Å². The maximum atomic E-state index is 5.36. The molecule has 0 spiro atoms. The molecular formula is C7H14N4. The molecule has 0 bridgehead atoms. The molecule has 2 N–H and O–H groups in total. The van der Waals surface area contributed by atoms with Crippen LogP contribution in [0.15, 0.2) is 6.33 Å². The molecule has 4 heteroatoms. The van der Waals surface area contributed by atoms with Crippen molar-refractivity contribution in [3.8, 4) is 0 Å². The highest BCUT2D eigenvalue weighted by atomic mass is 15.3. The Morgan fingerprint density at radius 3 is 2.82 bits per heavy atom. The molecule has 1 aromatic rings. The van der Waals surface area contributed by atoms with Gasteiger partial charge in [-0.3, -0.25) is 4.68 Å². The molecule has 1 heterocycles. The van der Waals surface area contributed by atoms with Crippen LogP contribution in [0.5, 0.6) is 0 Å². The van der Waals surface area contributed by atoms with Crippen LogP contribution in [0.2, 0.25) is 0 Å². The highest BCUT2D eigenvalue weighted by Crippen LogP contribution is 2.00. The summed E-state index contributed by atoms with van der Waals surface area (Å²) in [4.78, 5) is 4.10. The predicted molar refractivity (Wildman–Crippen MR) is 43.2 cm³/mol. The highest BCUT2D eigenvalue weighted by molar-refractivity contribution is 4.82. The number of nitrogens with two attached hydrogens (primary N) is 1. The van der Waals surface area contributed by atoms with Gasteiger partial charge in [-0.15, -0.1) is 0 Å². The lowest BCUT2D eigenvalue weighted by Crippen LogP contribution is -2.06. The normalized spacial score (nSPS) is 10.9. The standard InChI is InChI=1S/C7H14N4/c1-6(2)11-5-9-7(10-11)3-4-8/h5-6H,3-4,8H2,1-2H3. The second-order valence-electron chi connectivity index (χ2n) is 2.77. The molecule has 0 aliphatic rings. The van der Waals surface area contributed by atoms with Crippen molar-refractivity contribution in [1.82, 2.24) is 14.8 Å². The van der Waals surface area contributed by atoms with E-state index >= 15 is 0 Å². The molecule has 1 aromatic heterocycles. The van der Waals surface area contributed by atoms with Gasteiger partial charge in [0.15, 0.2) is 5.82 Å². The Morgan fingerprint density at radius 1 is 1.64 bits per heavy atom. The van der Waals surface area contributed by atoms with Gasteiger partial charge in [0.2, 0.25) is 0 Å². The van der Waals surface area contributed by atoms with Crippen molar-refractivity contribution in [3.63, 3.8) is 0 Å². The third kappa shape index (κ3) is 2.01. The first-order valence-corrected chi connectivity index (χ1v) is 3.84. The lowest BCUT2D eigenvalue weighted by Gasteiger charge is -2.01. The van der Waals surface area contributed by atoms with Gasteiger partial charge in [0.1, 0.15) is 6.33 Å². The Bertz CT molecular complexity index is 216. The molecule has 0 amide bonds. The molecular weight excluding hydrogens is 140 g/mol. The van der Waals surface area contributed by atoms with Gasteiger partial charge in [-0.25, -0.2) is 4.98 Å². The van der Waals surface area contributed by atoms with E-state index in [9.17, 15) is 0 Å². The average Bonchev–Trinajstić information content (AvgIpc) is 2.37. The summed E-state index contributed by atoms with van der Waals surface area (Å²) in [5.74, 6) is 0.834. The topological polar surface area (TPSA) is 56.7 Å². The summed E-state index contributed by atoms with van der Waals surface area (Å²) in [5, 5.41) is 4.23. The Hall–Kier alpha value is -0.900. The number of hydrogen-bond acceptors (Lipinski definition) is 3. The van der Waals surface area contributed by atoms with Crippen molar-refractivity contribution in [1.29, 1.82) is 0 Å². The smallest absolute Gasteiger partial charge is 0.151 e. The van der Waals surface area contributed by atoms with Crippen molar-refractivity contribution in [3.05, 3.63) is 12.2 Å². The minimum atomic E-state index is 0.383. The summed E-state index contributed by atoms with van der Waals surface area (Å²) in [6.45, 7) is 4.75. The second-order valence-corrected chi connectivity index (χ2v) is 2.77. The second kappa shape index (κ2) is 3.48. The van der Waals surface area contributed by atoms with Gasteiger partial charge in [-0.1, -0.05) is 0 Å². The molecule has 0 aliphatic heterocycles. The van der Waals surface area contributed by atoms with Gasteiger partial charge in [-0.05, 0) is 20.4 Å². The lowest BCUT2D eigenvalue weighted by molar-refractivity contribution is 0.526. The first kappa shape index (κ1) is 8.20. The first-order valence-electron chi connectivity index (χ1n) is 3.84. The SMILES string of the molecule is CC(C)n1cnc(CCN)n1. The average molecular weight is 154 g/mol. The van der Waals surface area contributed by atoms with Crippen LogP contribution >= 0.6 is 0 Å². The molecule has 1 rings (SSSR count). The number of hydrogen-bond donors (Lipinski definition) is 1. The summed E-state index contributed by atoms with van der Waals surface area (Å²) >= 11 is 0. The summed E-state index contributed by atoms with van der Waals surface area (Å²) in [5.41, 5.74) is 5.36. The van der Waals surface area contributed by atoms with Crippen molar-refractivity contribution < 1.29 is 0 Å². The molecule has 11 heavy (non-hydrogen) atoms. The van der Waals surface area contributed by atoms with Crippen LogP contribution in [0.3, 0.4) is 0 Å². The van der Waals surface area contributed by atoms with Gasteiger partial charge in [0.25, 0.3) is 0 Å². The molecule has 0 saturated carbocycles. The molecule has 4 nitrogen and oxygen atoms in total. The summed E-state index contributed by atoms with van der Waals surface area (Å²) in [6, 6.07) is 0.383. The van der Waals surface area contributed by atoms with Crippen LogP contribution in [0.1, 0.15) is 25.7 Å². The molecule has 0 unspecified atom stereocenters. The number of aromatic nitrogens is 3. The van der Waals surface area contributed by atoms with Gasteiger partial charge >= 0.3 is 0 Å². The van der Waals surface area contributed by atoms with Crippen LogP contribution in [0, 0.1) is 0 Å². The maximum Gasteiger partial charge on any atom is 0.151 e. The van der Waals surface area contributed by atoms with Gasteiger partial charge in [0.05, 0.1) is 0 Å². The predicted octanol–water partition coefficient (Wildman–Crippen LogP) is 0.360. The van der Waals surface area contributed by atoms with Gasteiger partial charge in [-0.2, -0.15) is 5.10 Å². The van der Waals surface area contributed by atoms with Crippen LogP contribution in [-0.4, -0.2) is 21.3 Å². The lowest BCUT2D eigenvalue weighted by atomic mass is 10.4. The van der Waals surface area contributed by atoms with E-state index in [2.05, 4.69) is 23.9 Å². The summed E-state index contributed by atoms with van der Waals surface area (Å²) in [6.07, 6.45) is 2.51. The van der Waals surface area contributed by atoms with Crippen molar-refractivity contribution in [2.24, 2.45) is 5.73 Å². The van der Waals surface area contributed by atoms with E-state index in [1.165, 1.54) is 0 Å². The van der Waals surface area contributed by atoms with E-state index in [0.717, 1.165) is 12.2 Å². The third-order valence-corrected chi connectivity index (χ3v) is 1.45. The molecule has 62 valence electrons. The highest BCUT2D eigenvalue weighted by Gasteiger charge is 2.01. The minimum absolute atomic E-state index is 0.383.